The summed E-state index contributed by atoms with van der Waals surface area (Å²) >= 11 is 0. The molecule has 0 atom stereocenters. The Morgan fingerprint density at radius 1 is 0.762 bits per heavy atom. The molecular formula is C15H32O4SiZr. The van der Waals surface area contributed by atoms with Crippen LogP contribution in [-0.2, 0) is 26.2 Å². The van der Waals surface area contributed by atoms with E-state index in [-0.39, 0.29) is 37.2 Å². The Labute approximate surface area is 149 Å². The van der Waals surface area contributed by atoms with Gasteiger partial charge in [0.05, 0.1) is 0 Å². The van der Waals surface area contributed by atoms with Crippen LogP contribution in [0.3, 0.4) is 0 Å². The quantitative estimate of drug-likeness (QED) is 0.768. The minimum absolute atomic E-state index is 0. The molecule has 1 rings (SSSR count). The number of benzene rings is 1. The Balaban J connectivity index is -0.000000127. The summed E-state index contributed by atoms with van der Waals surface area (Å²) in [4.78, 5) is 10.4. The van der Waals surface area contributed by atoms with E-state index in [4.69, 9.17) is 5.11 Å². The van der Waals surface area contributed by atoms with Crippen LogP contribution in [0.15, 0.2) is 30.3 Å². The van der Waals surface area contributed by atoms with Crippen molar-refractivity contribution < 1.29 is 47.1 Å². The standard InChI is InChI=1S/C9H22OSi.C6H6O.2H2O.Zr/c1-7(2)11(10,8(3)4)9(5)6;7-6-4-2-1-3-5-6;;;/h7-10H,1-6H3;1-5,7H;2*1H2;. The Morgan fingerprint density at radius 2 is 1.05 bits per heavy atom. The number of para-hydroxylation sites is 1. The van der Waals surface area contributed by atoms with Crippen LogP contribution in [0.25, 0.3) is 0 Å². The fraction of sp³-hybridized carbons (Fsp3) is 0.600. The summed E-state index contributed by atoms with van der Waals surface area (Å²) in [5.41, 5.74) is 1.42. The topological polar surface area (TPSA) is 103 Å². The number of hydrogen-bond donors (Lipinski definition) is 2. The molecule has 4 nitrogen and oxygen atoms in total. The molecule has 6 N–H and O–H groups in total. The molecule has 0 heterocycles. The van der Waals surface area contributed by atoms with Crippen molar-refractivity contribution in [3.8, 4) is 5.75 Å². The molecule has 0 spiro atoms. The van der Waals surface area contributed by atoms with E-state index in [9.17, 15) is 4.80 Å². The molecule has 0 bridgehead atoms. The normalized spacial score (nSPS) is 10.0. The Kier molecular flexibility index (Phi) is 18.9. The maximum atomic E-state index is 10.4. The van der Waals surface area contributed by atoms with Crippen molar-refractivity contribution >= 4 is 8.32 Å². The number of aromatic hydroxyl groups is 1. The van der Waals surface area contributed by atoms with E-state index in [1.54, 1.807) is 24.3 Å². The van der Waals surface area contributed by atoms with Crippen molar-refractivity contribution in [3.63, 3.8) is 0 Å². The van der Waals surface area contributed by atoms with Crippen LogP contribution < -0.4 is 0 Å². The van der Waals surface area contributed by atoms with Crippen molar-refractivity contribution in [3.05, 3.63) is 30.3 Å². The summed E-state index contributed by atoms with van der Waals surface area (Å²) in [5.74, 6) is 0.322. The zero-order chi connectivity index (χ0) is 14.3. The van der Waals surface area contributed by atoms with Crippen LogP contribution in [0.1, 0.15) is 41.5 Å². The predicted octanol–water partition coefficient (Wildman–Crippen LogP) is 2.89. The molecule has 1 aromatic carbocycles. The smallest absolute Gasteiger partial charge is 0.196 e. The van der Waals surface area contributed by atoms with Gasteiger partial charge in [-0.15, -0.1) is 0 Å². The van der Waals surface area contributed by atoms with Gasteiger partial charge < -0.3 is 20.9 Å². The molecule has 0 radical (unpaired) electrons. The molecule has 0 aliphatic carbocycles. The summed E-state index contributed by atoms with van der Waals surface area (Å²) in [5, 5.41) is 8.63. The van der Waals surface area contributed by atoms with Crippen LogP contribution in [0.2, 0.25) is 16.6 Å². The Morgan fingerprint density at radius 3 is 1.14 bits per heavy atom. The number of rotatable bonds is 3. The van der Waals surface area contributed by atoms with Gasteiger partial charge in [-0.3, -0.25) is 0 Å². The third-order valence-electron chi connectivity index (χ3n) is 3.53. The van der Waals surface area contributed by atoms with Crippen molar-refractivity contribution in [2.24, 2.45) is 0 Å². The average molecular weight is 396 g/mol. The second-order valence-corrected chi connectivity index (χ2v) is 10.9. The predicted molar refractivity (Wildman–Crippen MR) is 88.6 cm³/mol. The average Bonchev–Trinajstić information content (AvgIpc) is 2.28. The van der Waals surface area contributed by atoms with Crippen LogP contribution in [0.5, 0.6) is 5.75 Å². The summed E-state index contributed by atoms with van der Waals surface area (Å²) in [7, 11) is -1.98. The molecule has 0 saturated carbocycles. The molecule has 6 heteroatoms. The van der Waals surface area contributed by atoms with E-state index in [2.05, 4.69) is 41.5 Å². The molecule has 0 aliphatic rings. The third-order valence-corrected chi connectivity index (χ3v) is 9.08. The first kappa shape index (κ1) is 29.1. The van der Waals surface area contributed by atoms with Crippen molar-refractivity contribution in [1.29, 1.82) is 0 Å². The van der Waals surface area contributed by atoms with Crippen LogP contribution in [0.4, 0.5) is 0 Å². The molecule has 0 saturated heterocycles. The van der Waals surface area contributed by atoms with E-state index < -0.39 is 8.32 Å². The van der Waals surface area contributed by atoms with Crippen molar-refractivity contribution in [2.45, 2.75) is 58.2 Å². The van der Waals surface area contributed by atoms with E-state index in [1.165, 1.54) is 0 Å². The fourth-order valence-electron chi connectivity index (χ4n) is 2.43. The molecule has 0 aliphatic heterocycles. The van der Waals surface area contributed by atoms with Gasteiger partial charge in [-0.2, -0.15) is 0 Å². The minimum atomic E-state index is -1.98. The number of hydrogen-bond acceptors (Lipinski definition) is 2. The van der Waals surface area contributed by atoms with E-state index >= 15 is 0 Å². The maximum Gasteiger partial charge on any atom is 0.196 e. The molecule has 0 unspecified atom stereocenters. The maximum absolute atomic E-state index is 10.4. The van der Waals surface area contributed by atoms with Gasteiger partial charge in [0.1, 0.15) is 5.75 Å². The monoisotopic (exact) mass is 394 g/mol. The van der Waals surface area contributed by atoms with Gasteiger partial charge in [-0.05, 0) is 28.8 Å². The third kappa shape index (κ3) is 9.59. The first-order valence-electron chi connectivity index (χ1n) is 6.69. The summed E-state index contributed by atoms with van der Waals surface area (Å²) in [6, 6.07) is 8.71. The van der Waals surface area contributed by atoms with Gasteiger partial charge in [0.25, 0.3) is 0 Å². The van der Waals surface area contributed by atoms with Crippen molar-refractivity contribution in [2.75, 3.05) is 0 Å². The number of phenolic OH excluding ortho intramolecular Hbond substituents is 1. The van der Waals surface area contributed by atoms with Gasteiger partial charge >= 0.3 is 0 Å². The van der Waals surface area contributed by atoms with Gasteiger partial charge in [-0.25, -0.2) is 0 Å². The first-order valence-corrected chi connectivity index (χ1v) is 8.87. The summed E-state index contributed by atoms with van der Waals surface area (Å²) in [6.07, 6.45) is 0. The SMILES string of the molecule is CC(C)[Si](O)(C(C)C)C(C)C.O.O.Oc1ccccc1.[Zr]. The Hall–Kier alpha value is -0.000000000000000222. The second-order valence-electron chi connectivity index (χ2n) is 5.69. The summed E-state index contributed by atoms with van der Waals surface area (Å²) < 4.78 is 0. The van der Waals surface area contributed by atoms with Crippen LogP contribution >= 0.6 is 0 Å². The molecule has 21 heavy (non-hydrogen) atoms. The van der Waals surface area contributed by atoms with Crippen LogP contribution in [-0.4, -0.2) is 29.2 Å². The fourth-order valence-corrected chi connectivity index (χ4v) is 6.43. The zero-order valence-electron chi connectivity index (χ0n) is 14.0. The molecule has 0 aromatic heterocycles. The van der Waals surface area contributed by atoms with Crippen LogP contribution in [0, 0.1) is 0 Å². The van der Waals surface area contributed by atoms with Gasteiger partial charge in [0, 0.05) is 26.2 Å². The largest absolute Gasteiger partial charge is 0.508 e. The van der Waals surface area contributed by atoms with E-state index in [0.717, 1.165) is 0 Å². The van der Waals surface area contributed by atoms with Gasteiger partial charge in [0.15, 0.2) is 8.32 Å². The summed E-state index contributed by atoms with van der Waals surface area (Å²) in [6.45, 7) is 12.9. The second kappa shape index (κ2) is 13.6. The number of phenols is 1. The van der Waals surface area contributed by atoms with E-state index in [0.29, 0.717) is 22.4 Å². The molecule has 0 amide bonds. The molecular weight excluding hydrogens is 363 g/mol. The van der Waals surface area contributed by atoms with E-state index in [1.807, 2.05) is 6.07 Å². The first-order chi connectivity index (χ1) is 8.22. The molecule has 1 aromatic rings. The van der Waals surface area contributed by atoms with Crippen molar-refractivity contribution in [1.82, 2.24) is 0 Å². The Bertz CT molecular complexity index is 310. The zero-order valence-corrected chi connectivity index (χ0v) is 17.5. The van der Waals surface area contributed by atoms with Gasteiger partial charge in [0.2, 0.25) is 0 Å². The molecule has 124 valence electrons. The van der Waals surface area contributed by atoms with Gasteiger partial charge in [-0.1, -0.05) is 59.7 Å². The molecule has 0 fully saturated rings. The minimum Gasteiger partial charge on any atom is -0.508 e.